The third-order valence-corrected chi connectivity index (χ3v) is 7.87. The molecule has 0 radical (unpaired) electrons. The van der Waals surface area contributed by atoms with E-state index in [0.29, 0.717) is 21.8 Å². The Bertz CT molecular complexity index is 556. The molecule has 4 nitrogen and oxygen atoms in total. The van der Waals surface area contributed by atoms with Crippen molar-refractivity contribution in [1.82, 2.24) is 10.0 Å². The molecule has 0 amide bonds. The lowest BCUT2D eigenvalue weighted by atomic mass is 10.2. The minimum absolute atomic E-state index is 0.124. The second-order valence-electron chi connectivity index (χ2n) is 5.32. The zero-order valence-corrected chi connectivity index (χ0v) is 16.9. The molecule has 1 aromatic heterocycles. The van der Waals surface area contributed by atoms with E-state index in [1.807, 2.05) is 20.1 Å². The lowest BCUT2D eigenvalue weighted by Gasteiger charge is -2.22. The van der Waals surface area contributed by atoms with Crippen molar-refractivity contribution in [2.75, 3.05) is 19.3 Å². The van der Waals surface area contributed by atoms with Crippen LogP contribution in [0, 0.1) is 0 Å². The van der Waals surface area contributed by atoms with Gasteiger partial charge in [0.2, 0.25) is 10.0 Å². The monoisotopic (exact) mass is 414 g/mol. The normalized spacial score (nSPS) is 12.8. The molecule has 0 aliphatic carbocycles. The van der Waals surface area contributed by atoms with Crippen molar-refractivity contribution in [2.24, 2.45) is 0 Å². The lowest BCUT2D eigenvalue weighted by molar-refractivity contribution is 0.570. The van der Waals surface area contributed by atoms with Crippen LogP contribution in [0.15, 0.2) is 14.7 Å². The highest BCUT2D eigenvalue weighted by Crippen LogP contribution is 2.32. The highest BCUT2D eigenvalue weighted by Gasteiger charge is 2.24. The van der Waals surface area contributed by atoms with Crippen LogP contribution in [0.3, 0.4) is 0 Å². The SMILES string of the molecule is CCCNCc1cc(S(=O)(=O)NCC(C)(C)SC)c(Br)s1. The van der Waals surface area contributed by atoms with Gasteiger partial charge in [0.15, 0.2) is 0 Å². The summed E-state index contributed by atoms with van der Waals surface area (Å²) in [5.41, 5.74) is 0. The summed E-state index contributed by atoms with van der Waals surface area (Å²) in [5.74, 6) is 0. The molecular formula is C13H23BrN2O2S3. The molecule has 0 bridgehead atoms. The second-order valence-corrected chi connectivity index (χ2v) is 11.0. The summed E-state index contributed by atoms with van der Waals surface area (Å²) in [7, 11) is -3.47. The summed E-state index contributed by atoms with van der Waals surface area (Å²) in [6.07, 6.45) is 3.04. The number of hydrogen-bond donors (Lipinski definition) is 2. The van der Waals surface area contributed by atoms with Gasteiger partial charge in [0.25, 0.3) is 0 Å². The number of rotatable bonds is 9. The van der Waals surface area contributed by atoms with Crippen molar-refractivity contribution < 1.29 is 8.42 Å². The number of nitrogens with one attached hydrogen (secondary N) is 2. The first kappa shape index (κ1) is 19.4. The minimum Gasteiger partial charge on any atom is -0.312 e. The average molecular weight is 415 g/mol. The van der Waals surface area contributed by atoms with Gasteiger partial charge < -0.3 is 5.32 Å². The van der Waals surface area contributed by atoms with Crippen LogP contribution in [0.5, 0.6) is 0 Å². The first-order valence-corrected chi connectivity index (χ1v) is 11.1. The predicted octanol–water partition coefficient (Wildman–Crippen LogP) is 3.43. The van der Waals surface area contributed by atoms with Gasteiger partial charge in [-0.25, -0.2) is 13.1 Å². The molecule has 0 saturated carbocycles. The molecule has 21 heavy (non-hydrogen) atoms. The van der Waals surface area contributed by atoms with E-state index in [1.54, 1.807) is 17.8 Å². The van der Waals surface area contributed by atoms with Gasteiger partial charge in [-0.2, -0.15) is 11.8 Å². The Kier molecular flexibility index (Phi) is 7.69. The van der Waals surface area contributed by atoms with E-state index in [4.69, 9.17) is 0 Å². The van der Waals surface area contributed by atoms with Crippen molar-refractivity contribution in [3.05, 3.63) is 14.7 Å². The number of sulfonamides is 1. The van der Waals surface area contributed by atoms with Gasteiger partial charge in [-0.05, 0) is 55.1 Å². The van der Waals surface area contributed by atoms with Crippen molar-refractivity contribution in [3.63, 3.8) is 0 Å². The Labute approximate surface area is 144 Å². The van der Waals surface area contributed by atoms with Gasteiger partial charge in [-0.15, -0.1) is 11.3 Å². The van der Waals surface area contributed by atoms with Crippen LogP contribution in [0.4, 0.5) is 0 Å². The fourth-order valence-corrected chi connectivity index (χ4v) is 5.65. The van der Waals surface area contributed by atoms with Crippen LogP contribution < -0.4 is 10.0 Å². The summed E-state index contributed by atoms with van der Waals surface area (Å²) >= 11 is 6.47. The van der Waals surface area contributed by atoms with E-state index in [0.717, 1.165) is 17.8 Å². The summed E-state index contributed by atoms with van der Waals surface area (Å²) in [5, 5.41) is 3.28. The molecule has 0 aromatic carbocycles. The molecule has 0 spiro atoms. The van der Waals surface area contributed by atoms with Crippen LogP contribution in [-0.2, 0) is 16.6 Å². The summed E-state index contributed by atoms with van der Waals surface area (Å²) < 4.78 is 28.0. The summed E-state index contributed by atoms with van der Waals surface area (Å²) in [6.45, 7) is 8.17. The van der Waals surface area contributed by atoms with Crippen LogP contribution in [0.1, 0.15) is 32.1 Å². The van der Waals surface area contributed by atoms with Crippen molar-refractivity contribution in [2.45, 2.75) is 43.4 Å². The third kappa shape index (κ3) is 6.19. The zero-order chi connectivity index (χ0) is 16.1. The van der Waals surface area contributed by atoms with Gasteiger partial charge in [-0.1, -0.05) is 6.92 Å². The highest BCUT2D eigenvalue weighted by molar-refractivity contribution is 9.11. The maximum absolute atomic E-state index is 12.4. The largest absolute Gasteiger partial charge is 0.312 e. The summed E-state index contributed by atoms with van der Waals surface area (Å²) in [6, 6.07) is 1.74. The molecular weight excluding hydrogens is 392 g/mol. The molecule has 0 fully saturated rings. The molecule has 0 aliphatic heterocycles. The second kappa shape index (κ2) is 8.31. The average Bonchev–Trinajstić information content (AvgIpc) is 2.79. The van der Waals surface area contributed by atoms with Gasteiger partial charge >= 0.3 is 0 Å². The van der Waals surface area contributed by atoms with Crippen molar-refractivity contribution in [1.29, 1.82) is 0 Å². The molecule has 1 rings (SSSR count). The standard InChI is InChI=1S/C13H23BrN2O2S3/c1-5-6-15-8-10-7-11(12(14)20-10)21(17,18)16-9-13(2,3)19-4/h7,15-16H,5-6,8-9H2,1-4H3. The van der Waals surface area contributed by atoms with Crippen LogP contribution in [0.2, 0.25) is 0 Å². The number of hydrogen-bond acceptors (Lipinski definition) is 5. The van der Waals surface area contributed by atoms with Crippen LogP contribution in [0.25, 0.3) is 0 Å². The van der Waals surface area contributed by atoms with E-state index in [-0.39, 0.29) is 4.75 Å². The highest BCUT2D eigenvalue weighted by atomic mass is 79.9. The molecule has 1 heterocycles. The first-order valence-electron chi connectivity index (χ1n) is 6.75. The van der Waals surface area contributed by atoms with E-state index in [1.165, 1.54) is 11.3 Å². The van der Waals surface area contributed by atoms with Gasteiger partial charge in [0, 0.05) is 22.7 Å². The number of thioether (sulfide) groups is 1. The van der Waals surface area contributed by atoms with Crippen LogP contribution in [-0.4, -0.2) is 32.5 Å². The Morgan fingerprint density at radius 2 is 2.10 bits per heavy atom. The third-order valence-electron chi connectivity index (χ3n) is 2.96. The molecule has 0 unspecified atom stereocenters. The number of thiophene rings is 1. The summed E-state index contributed by atoms with van der Waals surface area (Å²) in [4.78, 5) is 1.34. The van der Waals surface area contributed by atoms with Crippen LogP contribution >= 0.6 is 39.0 Å². The van der Waals surface area contributed by atoms with Gasteiger partial charge in [0.1, 0.15) is 4.90 Å². The zero-order valence-electron chi connectivity index (χ0n) is 12.8. The fraction of sp³-hybridized carbons (Fsp3) is 0.692. The van der Waals surface area contributed by atoms with E-state index < -0.39 is 10.0 Å². The Morgan fingerprint density at radius 3 is 2.67 bits per heavy atom. The van der Waals surface area contributed by atoms with Gasteiger partial charge in [-0.3, -0.25) is 0 Å². The maximum Gasteiger partial charge on any atom is 0.242 e. The van der Waals surface area contributed by atoms with E-state index in [2.05, 4.69) is 32.9 Å². The van der Waals surface area contributed by atoms with E-state index >= 15 is 0 Å². The smallest absolute Gasteiger partial charge is 0.242 e. The Hall–Kier alpha value is 0.400. The Balaban J connectivity index is 2.79. The molecule has 122 valence electrons. The predicted molar refractivity (Wildman–Crippen MR) is 96.8 cm³/mol. The van der Waals surface area contributed by atoms with Crippen molar-refractivity contribution in [3.8, 4) is 0 Å². The maximum atomic E-state index is 12.4. The number of halogens is 1. The Morgan fingerprint density at radius 1 is 1.43 bits per heavy atom. The minimum atomic E-state index is -3.47. The lowest BCUT2D eigenvalue weighted by Crippen LogP contribution is -2.36. The van der Waals surface area contributed by atoms with Gasteiger partial charge in [0.05, 0.1) is 3.79 Å². The molecule has 0 saturated heterocycles. The first-order chi connectivity index (χ1) is 9.72. The molecule has 1 aromatic rings. The topological polar surface area (TPSA) is 58.2 Å². The van der Waals surface area contributed by atoms with E-state index in [9.17, 15) is 8.42 Å². The quantitative estimate of drug-likeness (QED) is 0.607. The molecule has 0 aliphatic rings. The molecule has 0 atom stereocenters. The molecule has 2 N–H and O–H groups in total. The fourth-order valence-electron chi connectivity index (χ4n) is 1.48. The van der Waals surface area contributed by atoms with Crippen molar-refractivity contribution >= 4 is 49.1 Å². The molecule has 8 heteroatoms.